The van der Waals surface area contributed by atoms with Crippen LogP contribution in [0.4, 0.5) is 5.69 Å². The van der Waals surface area contributed by atoms with E-state index in [4.69, 9.17) is 4.74 Å². The van der Waals surface area contributed by atoms with Gasteiger partial charge in [-0.2, -0.15) is 0 Å². The van der Waals surface area contributed by atoms with E-state index in [-0.39, 0.29) is 23.2 Å². The maximum absolute atomic E-state index is 14.4. The van der Waals surface area contributed by atoms with E-state index >= 15 is 0 Å². The molecule has 194 valence electrons. The summed E-state index contributed by atoms with van der Waals surface area (Å²) in [5, 5.41) is 4.65. The summed E-state index contributed by atoms with van der Waals surface area (Å²) in [6, 6.07) is 14.8. The summed E-state index contributed by atoms with van der Waals surface area (Å²) < 4.78 is 8.38. The van der Waals surface area contributed by atoms with Gasteiger partial charge < -0.3 is 19.1 Å². The maximum Gasteiger partial charge on any atom is 0.219 e. The Balaban J connectivity index is 1.38. The molecule has 2 saturated heterocycles. The number of rotatable bonds is 5. The van der Waals surface area contributed by atoms with Gasteiger partial charge in [-0.15, -0.1) is 0 Å². The van der Waals surface area contributed by atoms with Crippen LogP contribution in [0.5, 0.6) is 5.75 Å². The molecule has 4 heterocycles. The number of ketones is 1. The molecule has 3 aliphatic heterocycles. The van der Waals surface area contributed by atoms with Gasteiger partial charge in [-0.3, -0.25) is 9.59 Å². The number of nitrogens with one attached hydrogen (secondary N) is 1. The number of quaternary nitrogens is 1. The van der Waals surface area contributed by atoms with Crippen LogP contribution in [-0.4, -0.2) is 53.9 Å². The normalized spacial score (nSPS) is 29.8. The van der Waals surface area contributed by atoms with E-state index in [1.165, 1.54) is 11.1 Å². The predicted octanol–water partition coefficient (Wildman–Crippen LogP) is 5.06. The lowest BCUT2D eigenvalue weighted by Gasteiger charge is -2.53. The minimum Gasteiger partial charge on any atom is -0.497 e. The number of benzene rings is 2. The third-order valence-corrected chi connectivity index (χ3v) is 10.3. The topological polar surface area (TPSA) is 60.3 Å². The number of aldehydes is 1. The van der Waals surface area contributed by atoms with Crippen LogP contribution >= 0.6 is 0 Å². The minimum absolute atomic E-state index is 0.121. The van der Waals surface area contributed by atoms with E-state index in [2.05, 4.69) is 47.1 Å². The number of ether oxygens (including phenoxy) is 1. The van der Waals surface area contributed by atoms with Crippen molar-refractivity contribution in [1.29, 1.82) is 0 Å². The first-order valence-electron chi connectivity index (χ1n) is 13.6. The Bertz CT molecular complexity index is 1610. The van der Waals surface area contributed by atoms with Crippen molar-refractivity contribution in [3.63, 3.8) is 0 Å². The number of aromatic nitrogens is 1. The van der Waals surface area contributed by atoms with Gasteiger partial charge in [0.25, 0.3) is 0 Å². The Kier molecular flexibility index (Phi) is 4.90. The molecule has 1 spiro atoms. The second kappa shape index (κ2) is 7.93. The van der Waals surface area contributed by atoms with Crippen molar-refractivity contribution in [2.24, 2.45) is 13.0 Å². The zero-order chi connectivity index (χ0) is 26.4. The molecular weight excluding hydrogens is 474 g/mol. The zero-order valence-corrected chi connectivity index (χ0v) is 22.5. The van der Waals surface area contributed by atoms with Crippen molar-refractivity contribution in [3.8, 4) is 5.75 Å². The van der Waals surface area contributed by atoms with Crippen LogP contribution in [0, 0.1) is 12.8 Å². The molecule has 38 heavy (non-hydrogen) atoms. The second-order valence-corrected chi connectivity index (χ2v) is 11.6. The van der Waals surface area contributed by atoms with Crippen molar-refractivity contribution < 1.29 is 18.8 Å². The smallest absolute Gasteiger partial charge is 0.219 e. The van der Waals surface area contributed by atoms with Gasteiger partial charge in [-0.25, -0.2) is 0 Å². The number of carbonyl (C=O) groups excluding carboxylic acids is 2. The Morgan fingerprint density at radius 2 is 2.08 bits per heavy atom. The van der Waals surface area contributed by atoms with Crippen molar-refractivity contribution in [3.05, 3.63) is 82.2 Å². The SMILES string of the molecule is C/C=C1/C[N+]2(CC(=O)c3c(C)n(C)c4ccc(OC)cc34)CC[C@]34C(=C(C=O)[C@H]1C[C@@H]32)Nc1ccccc14. The average Bonchev–Trinajstić information content (AvgIpc) is 3.54. The zero-order valence-electron chi connectivity index (χ0n) is 22.5. The minimum atomic E-state index is -0.236. The molecule has 4 aliphatic rings. The first-order valence-corrected chi connectivity index (χ1v) is 13.6. The molecule has 6 nitrogen and oxygen atoms in total. The molecule has 3 aromatic rings. The number of fused-ring (bicyclic) bond motifs is 3. The second-order valence-electron chi connectivity index (χ2n) is 11.6. The number of aryl methyl sites for hydroxylation is 1. The van der Waals surface area contributed by atoms with E-state index < -0.39 is 0 Å². The van der Waals surface area contributed by atoms with E-state index in [1.807, 2.05) is 32.2 Å². The Morgan fingerprint density at radius 1 is 1.26 bits per heavy atom. The number of Topliss-reactive ketones (excluding diaryl/α,β-unsaturated/α-hetero) is 1. The van der Waals surface area contributed by atoms with Gasteiger partial charge >= 0.3 is 0 Å². The lowest BCUT2D eigenvalue weighted by molar-refractivity contribution is -0.934. The van der Waals surface area contributed by atoms with Crippen LogP contribution in [0.3, 0.4) is 0 Å². The molecule has 2 fully saturated rings. The number of hydrogen-bond acceptors (Lipinski definition) is 4. The summed E-state index contributed by atoms with van der Waals surface area (Å²) in [5.41, 5.74) is 8.30. The highest BCUT2D eigenvalue weighted by atomic mass is 16.5. The van der Waals surface area contributed by atoms with Crippen LogP contribution in [0.15, 0.2) is 65.4 Å². The number of carbonyl (C=O) groups is 2. The number of methoxy groups -OCH3 is 1. The van der Waals surface area contributed by atoms with Gasteiger partial charge in [-0.05, 0) is 49.2 Å². The molecule has 2 bridgehead atoms. The molecule has 1 aromatic heterocycles. The highest BCUT2D eigenvalue weighted by Crippen LogP contribution is 2.63. The van der Waals surface area contributed by atoms with Crippen LogP contribution < -0.4 is 10.1 Å². The quantitative estimate of drug-likeness (QED) is 0.226. The van der Waals surface area contributed by atoms with Crippen molar-refractivity contribution >= 4 is 28.7 Å². The van der Waals surface area contributed by atoms with Gasteiger partial charge in [-0.1, -0.05) is 24.3 Å². The molecule has 0 radical (unpaired) electrons. The highest BCUT2D eigenvalue weighted by Gasteiger charge is 2.68. The fourth-order valence-corrected chi connectivity index (χ4v) is 8.52. The van der Waals surface area contributed by atoms with Gasteiger partial charge in [0.2, 0.25) is 5.78 Å². The highest BCUT2D eigenvalue weighted by molar-refractivity contribution is 6.10. The largest absolute Gasteiger partial charge is 0.497 e. The molecule has 0 saturated carbocycles. The summed E-state index contributed by atoms with van der Waals surface area (Å²) >= 11 is 0. The third-order valence-electron chi connectivity index (χ3n) is 10.3. The molecule has 1 N–H and O–H groups in total. The molecule has 7 rings (SSSR count). The molecule has 1 aliphatic carbocycles. The molecule has 1 unspecified atom stereocenters. The predicted molar refractivity (Wildman–Crippen MR) is 149 cm³/mol. The number of anilines is 1. The number of nitrogens with zero attached hydrogens (tertiary/aromatic N) is 2. The fraction of sp³-hybridized carbons (Fsp3) is 0.375. The number of piperidine rings is 1. The van der Waals surface area contributed by atoms with Crippen molar-refractivity contribution in [2.45, 2.75) is 38.1 Å². The number of allylic oxidation sites excluding steroid dienone is 2. The molecule has 0 amide bonds. The summed E-state index contributed by atoms with van der Waals surface area (Å²) in [7, 11) is 3.70. The van der Waals surface area contributed by atoms with Crippen molar-refractivity contribution in [2.75, 3.05) is 32.1 Å². The fourth-order valence-electron chi connectivity index (χ4n) is 8.52. The maximum atomic E-state index is 14.4. The Hall–Kier alpha value is -3.64. The van der Waals surface area contributed by atoms with Crippen LogP contribution in [-0.2, 0) is 17.3 Å². The van der Waals surface area contributed by atoms with Gasteiger partial charge in [0.15, 0.2) is 0 Å². The number of hydrogen-bond donors (Lipinski definition) is 1. The molecule has 2 aromatic carbocycles. The van der Waals surface area contributed by atoms with Gasteiger partial charge in [0, 0.05) is 59.4 Å². The first kappa shape index (κ1) is 23.5. The van der Waals surface area contributed by atoms with E-state index in [0.29, 0.717) is 6.54 Å². The third kappa shape index (κ3) is 2.76. The van der Waals surface area contributed by atoms with Crippen LogP contribution in [0.2, 0.25) is 0 Å². The lowest BCUT2D eigenvalue weighted by Crippen LogP contribution is -2.64. The summed E-state index contributed by atoms with van der Waals surface area (Å²) in [5.74, 6) is 1.08. The number of para-hydroxylation sites is 1. The van der Waals surface area contributed by atoms with Gasteiger partial charge in [0.1, 0.15) is 31.2 Å². The van der Waals surface area contributed by atoms with E-state index in [0.717, 1.165) is 81.6 Å². The van der Waals surface area contributed by atoms with Crippen LogP contribution in [0.1, 0.15) is 41.4 Å². The van der Waals surface area contributed by atoms with E-state index in [1.54, 1.807) is 7.11 Å². The van der Waals surface area contributed by atoms with Gasteiger partial charge in [0.05, 0.1) is 24.6 Å². The first-order chi connectivity index (χ1) is 18.4. The molecule has 6 heteroatoms. The summed E-state index contributed by atoms with van der Waals surface area (Å²) in [6.07, 6.45) is 5.13. The van der Waals surface area contributed by atoms with Crippen LogP contribution in [0.25, 0.3) is 10.9 Å². The Labute approximate surface area is 223 Å². The molecular formula is C32H34N3O3+. The monoisotopic (exact) mass is 508 g/mol. The van der Waals surface area contributed by atoms with E-state index in [9.17, 15) is 9.59 Å². The lowest BCUT2D eigenvalue weighted by atomic mass is 9.61. The molecule has 4 atom stereocenters. The summed E-state index contributed by atoms with van der Waals surface area (Å²) in [6.45, 7) is 6.32. The average molecular weight is 509 g/mol. The summed E-state index contributed by atoms with van der Waals surface area (Å²) in [4.78, 5) is 26.9. The standard InChI is InChI=1S/C32H33N3O3/c1-5-20-16-35(17-28(37)30-19(2)34(3)27-11-10-21(38-4)14-23(27)30)13-12-32-25-8-6-7-9-26(25)33-31(32)24(18-36)22(20)15-29(32)35/h5-11,14,18,22,29H,12-13,15-17H2,1-4H3/p+1/b20-5-/t22-,29-,32+,35?/m0/s1. The Morgan fingerprint density at radius 3 is 2.84 bits per heavy atom. The van der Waals surface area contributed by atoms with Crippen molar-refractivity contribution in [1.82, 2.24) is 4.57 Å².